The molecule has 0 aromatic carbocycles. The van der Waals surface area contributed by atoms with Gasteiger partial charge in [0.25, 0.3) is 0 Å². The highest BCUT2D eigenvalue weighted by Crippen LogP contribution is 2.20. The van der Waals surface area contributed by atoms with Crippen molar-refractivity contribution in [3.05, 3.63) is 35.8 Å². The predicted molar refractivity (Wildman–Crippen MR) is 62.5 cm³/mol. The Bertz CT molecular complexity index is 487. The molecule has 5 nitrogen and oxygen atoms in total. The zero-order valence-electron chi connectivity index (χ0n) is 10.3. The van der Waals surface area contributed by atoms with Crippen molar-refractivity contribution in [2.45, 2.75) is 39.3 Å². The van der Waals surface area contributed by atoms with E-state index in [-0.39, 0.29) is 6.04 Å². The fourth-order valence-corrected chi connectivity index (χ4v) is 1.78. The summed E-state index contributed by atoms with van der Waals surface area (Å²) in [5.41, 5.74) is 0.779. The van der Waals surface area contributed by atoms with Gasteiger partial charge in [0, 0.05) is 18.0 Å². The SMILES string of the molecule is Cc1cc(C(O)Cc2ncnn2C(C)C)co1. The van der Waals surface area contributed by atoms with Gasteiger partial charge in [0.05, 0.1) is 12.4 Å². The van der Waals surface area contributed by atoms with Crippen LogP contribution in [0.4, 0.5) is 0 Å². The molecule has 17 heavy (non-hydrogen) atoms. The molecule has 0 aliphatic carbocycles. The molecule has 2 rings (SSSR count). The third kappa shape index (κ3) is 2.55. The maximum Gasteiger partial charge on any atom is 0.138 e. The Kier molecular flexibility index (Phi) is 3.28. The largest absolute Gasteiger partial charge is 0.469 e. The molecule has 0 radical (unpaired) electrons. The molecule has 0 fully saturated rings. The van der Waals surface area contributed by atoms with Crippen LogP contribution in [0.5, 0.6) is 0 Å². The summed E-state index contributed by atoms with van der Waals surface area (Å²) >= 11 is 0. The monoisotopic (exact) mass is 235 g/mol. The summed E-state index contributed by atoms with van der Waals surface area (Å²) in [6.07, 6.45) is 2.93. The highest BCUT2D eigenvalue weighted by Gasteiger charge is 2.16. The van der Waals surface area contributed by atoms with Gasteiger partial charge < -0.3 is 9.52 Å². The first kappa shape index (κ1) is 11.9. The van der Waals surface area contributed by atoms with Crippen LogP contribution in [-0.2, 0) is 6.42 Å². The second-order valence-corrected chi connectivity index (χ2v) is 4.43. The van der Waals surface area contributed by atoms with Gasteiger partial charge in [-0.1, -0.05) is 0 Å². The first-order chi connectivity index (χ1) is 8.08. The lowest BCUT2D eigenvalue weighted by Crippen LogP contribution is -2.11. The van der Waals surface area contributed by atoms with Gasteiger partial charge in [-0.2, -0.15) is 5.10 Å². The van der Waals surface area contributed by atoms with Crippen LogP contribution in [0.15, 0.2) is 23.1 Å². The van der Waals surface area contributed by atoms with E-state index in [1.54, 1.807) is 6.26 Å². The standard InChI is InChI=1S/C12H17N3O2/c1-8(2)15-12(13-7-14-15)5-11(16)10-4-9(3)17-6-10/h4,6-8,11,16H,5H2,1-3H3. The van der Waals surface area contributed by atoms with E-state index < -0.39 is 6.10 Å². The maximum atomic E-state index is 10.1. The van der Waals surface area contributed by atoms with Crippen molar-refractivity contribution in [2.24, 2.45) is 0 Å². The third-order valence-electron chi connectivity index (χ3n) is 2.65. The zero-order chi connectivity index (χ0) is 12.4. The van der Waals surface area contributed by atoms with Gasteiger partial charge in [0.2, 0.25) is 0 Å². The van der Waals surface area contributed by atoms with E-state index >= 15 is 0 Å². The molecule has 2 aromatic rings. The summed E-state index contributed by atoms with van der Waals surface area (Å²) in [5.74, 6) is 1.58. The van der Waals surface area contributed by atoms with Crippen LogP contribution in [0.25, 0.3) is 0 Å². The number of nitrogens with zero attached hydrogens (tertiary/aromatic N) is 3. The Balaban J connectivity index is 2.13. The lowest BCUT2D eigenvalue weighted by Gasteiger charge is -2.11. The highest BCUT2D eigenvalue weighted by atomic mass is 16.3. The smallest absolute Gasteiger partial charge is 0.138 e. The number of hydrogen-bond donors (Lipinski definition) is 1. The van der Waals surface area contributed by atoms with E-state index in [1.165, 1.54) is 6.33 Å². The molecule has 5 heteroatoms. The Morgan fingerprint density at radius 2 is 2.24 bits per heavy atom. The van der Waals surface area contributed by atoms with Crippen LogP contribution in [0.1, 0.15) is 43.1 Å². The van der Waals surface area contributed by atoms with Crippen molar-refractivity contribution in [3.63, 3.8) is 0 Å². The molecule has 0 saturated heterocycles. The zero-order valence-corrected chi connectivity index (χ0v) is 10.3. The Morgan fingerprint density at radius 1 is 1.47 bits per heavy atom. The minimum atomic E-state index is -0.603. The van der Waals surface area contributed by atoms with E-state index in [2.05, 4.69) is 10.1 Å². The van der Waals surface area contributed by atoms with E-state index in [0.717, 1.165) is 17.1 Å². The van der Waals surface area contributed by atoms with Gasteiger partial charge in [-0.05, 0) is 26.8 Å². The minimum Gasteiger partial charge on any atom is -0.469 e. The van der Waals surface area contributed by atoms with Crippen LogP contribution in [0.3, 0.4) is 0 Å². The van der Waals surface area contributed by atoms with Crippen molar-refractivity contribution >= 4 is 0 Å². The fourth-order valence-electron chi connectivity index (χ4n) is 1.78. The van der Waals surface area contributed by atoms with E-state index in [1.807, 2.05) is 31.5 Å². The lowest BCUT2D eigenvalue weighted by atomic mass is 10.1. The van der Waals surface area contributed by atoms with Crippen molar-refractivity contribution in [1.82, 2.24) is 14.8 Å². The summed E-state index contributed by atoms with van der Waals surface area (Å²) in [6, 6.07) is 2.08. The predicted octanol–water partition coefficient (Wildman–Crippen LogP) is 2.04. The summed E-state index contributed by atoms with van der Waals surface area (Å²) < 4.78 is 7.00. The Labute approximate surface area is 100 Å². The number of aliphatic hydroxyl groups is 1. The first-order valence-corrected chi connectivity index (χ1v) is 5.69. The summed E-state index contributed by atoms with van der Waals surface area (Å²) in [4.78, 5) is 4.17. The van der Waals surface area contributed by atoms with Crippen molar-refractivity contribution < 1.29 is 9.52 Å². The molecule has 1 atom stereocenters. The molecule has 2 heterocycles. The van der Waals surface area contributed by atoms with Crippen LogP contribution in [-0.4, -0.2) is 19.9 Å². The van der Waals surface area contributed by atoms with Crippen LogP contribution >= 0.6 is 0 Å². The van der Waals surface area contributed by atoms with Gasteiger partial charge in [0.15, 0.2) is 0 Å². The molecular weight excluding hydrogens is 218 g/mol. The third-order valence-corrected chi connectivity index (χ3v) is 2.65. The minimum absolute atomic E-state index is 0.241. The van der Waals surface area contributed by atoms with E-state index in [0.29, 0.717) is 6.42 Å². The van der Waals surface area contributed by atoms with Gasteiger partial charge in [0.1, 0.15) is 17.9 Å². The fraction of sp³-hybridized carbons (Fsp3) is 0.500. The number of hydrogen-bond acceptors (Lipinski definition) is 4. The number of aryl methyl sites for hydroxylation is 1. The topological polar surface area (TPSA) is 64.1 Å². The number of furan rings is 1. The average Bonchev–Trinajstić information content (AvgIpc) is 2.86. The van der Waals surface area contributed by atoms with Gasteiger partial charge in [-0.3, -0.25) is 0 Å². The maximum absolute atomic E-state index is 10.1. The van der Waals surface area contributed by atoms with Gasteiger partial charge in [-0.25, -0.2) is 9.67 Å². The second kappa shape index (κ2) is 4.71. The molecule has 0 amide bonds. The van der Waals surface area contributed by atoms with Crippen molar-refractivity contribution in [3.8, 4) is 0 Å². The summed E-state index contributed by atoms with van der Waals surface area (Å²) in [7, 11) is 0. The summed E-state index contributed by atoms with van der Waals surface area (Å²) in [5, 5.41) is 14.2. The van der Waals surface area contributed by atoms with Crippen LogP contribution in [0, 0.1) is 6.92 Å². The molecule has 0 aliphatic rings. The molecule has 0 bridgehead atoms. The average molecular weight is 235 g/mol. The van der Waals surface area contributed by atoms with Gasteiger partial charge in [-0.15, -0.1) is 0 Å². The molecular formula is C12H17N3O2. The molecule has 2 aromatic heterocycles. The van der Waals surface area contributed by atoms with Crippen molar-refractivity contribution in [2.75, 3.05) is 0 Å². The van der Waals surface area contributed by atoms with Crippen LogP contribution in [0.2, 0.25) is 0 Å². The highest BCUT2D eigenvalue weighted by molar-refractivity contribution is 5.15. The van der Waals surface area contributed by atoms with E-state index in [9.17, 15) is 5.11 Å². The van der Waals surface area contributed by atoms with Crippen LogP contribution < -0.4 is 0 Å². The number of aliphatic hydroxyl groups excluding tert-OH is 1. The molecule has 1 N–H and O–H groups in total. The molecule has 0 saturated carbocycles. The van der Waals surface area contributed by atoms with Gasteiger partial charge >= 0.3 is 0 Å². The molecule has 92 valence electrons. The Hall–Kier alpha value is -1.62. The van der Waals surface area contributed by atoms with Crippen molar-refractivity contribution in [1.29, 1.82) is 0 Å². The van der Waals surface area contributed by atoms with E-state index in [4.69, 9.17) is 4.42 Å². The quantitative estimate of drug-likeness (QED) is 0.880. The molecule has 1 unspecified atom stereocenters. The molecule has 0 aliphatic heterocycles. The number of rotatable bonds is 4. The summed E-state index contributed by atoms with van der Waals surface area (Å²) in [6.45, 7) is 5.92. The number of aromatic nitrogens is 3. The first-order valence-electron chi connectivity index (χ1n) is 5.69. The normalized spacial score (nSPS) is 13.2. The Morgan fingerprint density at radius 3 is 2.82 bits per heavy atom. The molecule has 0 spiro atoms. The second-order valence-electron chi connectivity index (χ2n) is 4.43. The lowest BCUT2D eigenvalue weighted by molar-refractivity contribution is 0.172.